The van der Waals surface area contributed by atoms with E-state index in [0.29, 0.717) is 12.5 Å². The van der Waals surface area contributed by atoms with Crippen molar-refractivity contribution in [3.05, 3.63) is 34.9 Å². The summed E-state index contributed by atoms with van der Waals surface area (Å²) in [5, 5.41) is 7.60. The number of hydrogen-bond donors (Lipinski definition) is 2. The molecule has 1 aliphatic carbocycles. The van der Waals surface area contributed by atoms with Crippen LogP contribution in [0.3, 0.4) is 0 Å². The standard InChI is InChI=1S/C21H29ClN2O2/c22-18-6-4-16(5-7-18)20(9-11-26-12-10-20)14-24-19(25)21-8-2-1-3-17(21)13-23-15-21/h4-7,17,23H,1-3,8-15H2,(H,24,25)/t17-,21+/m0/s1. The molecule has 26 heavy (non-hydrogen) atoms. The maximum absolute atomic E-state index is 13.3. The maximum Gasteiger partial charge on any atom is 0.227 e. The molecule has 142 valence electrons. The van der Waals surface area contributed by atoms with Crippen molar-refractivity contribution in [1.29, 1.82) is 0 Å². The zero-order chi connectivity index (χ0) is 18.0. The molecule has 1 aromatic carbocycles. The van der Waals surface area contributed by atoms with Crippen LogP contribution in [-0.4, -0.2) is 38.8 Å². The van der Waals surface area contributed by atoms with Gasteiger partial charge in [0.2, 0.25) is 5.91 Å². The largest absolute Gasteiger partial charge is 0.381 e. The van der Waals surface area contributed by atoms with Crippen molar-refractivity contribution in [3.63, 3.8) is 0 Å². The van der Waals surface area contributed by atoms with Crippen LogP contribution in [0, 0.1) is 11.3 Å². The predicted molar refractivity (Wildman–Crippen MR) is 103 cm³/mol. The third kappa shape index (κ3) is 3.28. The van der Waals surface area contributed by atoms with Crippen molar-refractivity contribution >= 4 is 17.5 Å². The van der Waals surface area contributed by atoms with Gasteiger partial charge in [-0.2, -0.15) is 0 Å². The fourth-order valence-corrected chi connectivity index (χ4v) is 5.38. The Bertz CT molecular complexity index is 642. The normalized spacial score (nSPS) is 30.6. The summed E-state index contributed by atoms with van der Waals surface area (Å²) in [6, 6.07) is 8.12. The van der Waals surface area contributed by atoms with Crippen LogP contribution in [0.4, 0.5) is 0 Å². The summed E-state index contributed by atoms with van der Waals surface area (Å²) in [5.74, 6) is 0.754. The number of hydrogen-bond acceptors (Lipinski definition) is 3. The zero-order valence-electron chi connectivity index (χ0n) is 15.4. The minimum Gasteiger partial charge on any atom is -0.381 e. The number of nitrogens with one attached hydrogen (secondary N) is 2. The maximum atomic E-state index is 13.3. The van der Waals surface area contributed by atoms with Crippen LogP contribution in [-0.2, 0) is 14.9 Å². The SMILES string of the molecule is O=C(NCC1(c2ccc(Cl)cc2)CCOCC1)[C@@]12CCCC[C@H]1CNC2. The third-order valence-corrected chi connectivity index (χ3v) is 7.24. The highest BCUT2D eigenvalue weighted by atomic mass is 35.5. The molecular weight excluding hydrogens is 348 g/mol. The minimum atomic E-state index is -0.190. The number of halogens is 1. The van der Waals surface area contributed by atoms with Crippen molar-refractivity contribution in [1.82, 2.24) is 10.6 Å². The second-order valence-electron chi connectivity index (χ2n) is 8.31. The molecule has 1 aromatic rings. The van der Waals surface area contributed by atoms with E-state index in [2.05, 4.69) is 22.8 Å². The lowest BCUT2D eigenvalue weighted by atomic mass is 9.67. The predicted octanol–water partition coefficient (Wildman–Crippen LogP) is 3.28. The Kier molecular flexibility index (Phi) is 5.27. The van der Waals surface area contributed by atoms with E-state index < -0.39 is 0 Å². The number of ether oxygens (including phenoxy) is 1. The van der Waals surface area contributed by atoms with E-state index in [1.165, 1.54) is 24.8 Å². The van der Waals surface area contributed by atoms with Crippen molar-refractivity contribution < 1.29 is 9.53 Å². The molecule has 3 aliphatic rings. The molecule has 1 amide bonds. The molecule has 3 fully saturated rings. The van der Waals surface area contributed by atoms with Crippen LogP contribution in [0.25, 0.3) is 0 Å². The molecule has 4 nitrogen and oxygen atoms in total. The highest BCUT2D eigenvalue weighted by Gasteiger charge is 2.50. The Hall–Kier alpha value is -1.10. The molecule has 2 heterocycles. The van der Waals surface area contributed by atoms with E-state index in [-0.39, 0.29) is 16.7 Å². The highest BCUT2D eigenvalue weighted by Crippen LogP contribution is 2.44. The van der Waals surface area contributed by atoms with Gasteiger partial charge in [0.25, 0.3) is 0 Å². The van der Waals surface area contributed by atoms with Crippen LogP contribution in [0.1, 0.15) is 44.1 Å². The van der Waals surface area contributed by atoms with E-state index in [0.717, 1.165) is 50.6 Å². The van der Waals surface area contributed by atoms with Crippen LogP contribution < -0.4 is 10.6 Å². The molecule has 0 spiro atoms. The smallest absolute Gasteiger partial charge is 0.227 e. The lowest BCUT2D eigenvalue weighted by Crippen LogP contribution is -2.52. The van der Waals surface area contributed by atoms with Gasteiger partial charge in [0, 0.05) is 36.7 Å². The molecule has 2 N–H and O–H groups in total. The third-order valence-electron chi connectivity index (χ3n) is 6.98. The van der Waals surface area contributed by atoms with Gasteiger partial charge in [-0.05, 0) is 55.8 Å². The van der Waals surface area contributed by atoms with Crippen molar-refractivity contribution in [3.8, 4) is 0 Å². The van der Waals surface area contributed by atoms with E-state index >= 15 is 0 Å². The fraction of sp³-hybridized carbons (Fsp3) is 0.667. The number of carbonyl (C=O) groups is 1. The highest BCUT2D eigenvalue weighted by molar-refractivity contribution is 6.30. The fourth-order valence-electron chi connectivity index (χ4n) is 5.25. The van der Waals surface area contributed by atoms with Crippen molar-refractivity contribution in [2.75, 3.05) is 32.8 Å². The average Bonchev–Trinajstić information content (AvgIpc) is 3.13. The zero-order valence-corrected chi connectivity index (χ0v) is 16.1. The Morgan fingerprint density at radius 1 is 1.19 bits per heavy atom. The van der Waals surface area contributed by atoms with Gasteiger partial charge < -0.3 is 15.4 Å². The summed E-state index contributed by atoms with van der Waals surface area (Å²) in [5.41, 5.74) is 1.02. The van der Waals surface area contributed by atoms with Gasteiger partial charge in [-0.15, -0.1) is 0 Å². The molecule has 4 rings (SSSR count). The van der Waals surface area contributed by atoms with Crippen molar-refractivity contribution in [2.24, 2.45) is 11.3 Å². The van der Waals surface area contributed by atoms with Gasteiger partial charge in [0.1, 0.15) is 0 Å². The van der Waals surface area contributed by atoms with E-state index in [4.69, 9.17) is 16.3 Å². The second-order valence-corrected chi connectivity index (χ2v) is 8.75. The Labute approximate surface area is 161 Å². The Morgan fingerprint density at radius 2 is 1.96 bits per heavy atom. The molecule has 5 heteroatoms. The first kappa shape index (κ1) is 18.3. The Morgan fingerprint density at radius 3 is 2.73 bits per heavy atom. The van der Waals surface area contributed by atoms with Gasteiger partial charge >= 0.3 is 0 Å². The van der Waals surface area contributed by atoms with Crippen LogP contribution in [0.2, 0.25) is 5.02 Å². The summed E-state index contributed by atoms with van der Waals surface area (Å²) in [4.78, 5) is 13.3. The van der Waals surface area contributed by atoms with Gasteiger partial charge in [-0.25, -0.2) is 0 Å². The van der Waals surface area contributed by atoms with E-state index in [1.54, 1.807) is 0 Å². The number of carbonyl (C=O) groups excluding carboxylic acids is 1. The molecule has 1 saturated carbocycles. The first-order valence-corrected chi connectivity index (χ1v) is 10.4. The van der Waals surface area contributed by atoms with Crippen molar-refractivity contribution in [2.45, 2.75) is 43.9 Å². The lowest BCUT2D eigenvalue weighted by molar-refractivity contribution is -0.134. The Balaban J connectivity index is 1.51. The molecule has 0 bridgehead atoms. The first-order valence-electron chi connectivity index (χ1n) is 9.98. The number of benzene rings is 1. The summed E-state index contributed by atoms with van der Waals surface area (Å²) in [6.45, 7) is 4.00. The molecule has 2 aliphatic heterocycles. The number of amides is 1. The lowest BCUT2D eigenvalue weighted by Gasteiger charge is -2.41. The average molecular weight is 377 g/mol. The van der Waals surface area contributed by atoms with Gasteiger partial charge in [-0.3, -0.25) is 4.79 Å². The summed E-state index contributed by atoms with van der Waals surface area (Å²) >= 11 is 6.08. The molecule has 0 radical (unpaired) electrons. The molecule has 0 aromatic heterocycles. The molecule has 2 saturated heterocycles. The van der Waals surface area contributed by atoms with E-state index in [1.807, 2.05) is 12.1 Å². The monoisotopic (exact) mass is 376 g/mol. The topological polar surface area (TPSA) is 50.4 Å². The quantitative estimate of drug-likeness (QED) is 0.847. The summed E-state index contributed by atoms with van der Waals surface area (Å²) in [6.07, 6.45) is 6.49. The summed E-state index contributed by atoms with van der Waals surface area (Å²) in [7, 11) is 0. The van der Waals surface area contributed by atoms with Gasteiger partial charge in [0.15, 0.2) is 0 Å². The van der Waals surface area contributed by atoms with E-state index in [9.17, 15) is 4.79 Å². The van der Waals surface area contributed by atoms with Gasteiger partial charge in [0.05, 0.1) is 5.41 Å². The van der Waals surface area contributed by atoms with Crippen LogP contribution >= 0.6 is 11.6 Å². The minimum absolute atomic E-state index is 0.0503. The summed E-state index contributed by atoms with van der Waals surface area (Å²) < 4.78 is 5.61. The first-order chi connectivity index (χ1) is 12.6. The second kappa shape index (κ2) is 7.49. The van der Waals surface area contributed by atoms with Crippen LogP contribution in [0.15, 0.2) is 24.3 Å². The molecule has 2 atom stereocenters. The number of fused-ring (bicyclic) bond motifs is 1. The van der Waals surface area contributed by atoms with Gasteiger partial charge in [-0.1, -0.05) is 36.6 Å². The number of rotatable bonds is 4. The van der Waals surface area contributed by atoms with Crippen LogP contribution in [0.5, 0.6) is 0 Å². The molecular formula is C21H29ClN2O2. The molecule has 0 unspecified atom stereocenters.